The van der Waals surface area contributed by atoms with Gasteiger partial charge in [0.1, 0.15) is 0 Å². The predicted molar refractivity (Wildman–Crippen MR) is 72.5 cm³/mol. The zero-order valence-electron chi connectivity index (χ0n) is 10.4. The van der Waals surface area contributed by atoms with Crippen molar-refractivity contribution in [2.24, 2.45) is 17.6 Å². The molecule has 0 saturated heterocycles. The van der Waals surface area contributed by atoms with Crippen LogP contribution < -0.4 is 11.1 Å². The first kappa shape index (κ1) is 15.5. The Bertz CT molecular complexity index is 207. The molecule has 0 fully saturated rings. The lowest BCUT2D eigenvalue weighted by atomic mass is 9.96. The van der Waals surface area contributed by atoms with Crippen LogP contribution in [0.15, 0.2) is 12.7 Å². The van der Waals surface area contributed by atoms with E-state index < -0.39 is 0 Å². The van der Waals surface area contributed by atoms with Gasteiger partial charge >= 0.3 is 0 Å². The van der Waals surface area contributed by atoms with Crippen LogP contribution in [0.3, 0.4) is 0 Å². The van der Waals surface area contributed by atoms with Crippen LogP contribution in [0.1, 0.15) is 20.3 Å². The van der Waals surface area contributed by atoms with E-state index in [0.717, 1.165) is 17.9 Å². The summed E-state index contributed by atoms with van der Waals surface area (Å²) >= 11 is 1.76. The highest BCUT2D eigenvalue weighted by Gasteiger charge is 2.17. The maximum atomic E-state index is 11.7. The molecular formula is C12H24N2OS. The average molecular weight is 244 g/mol. The van der Waals surface area contributed by atoms with E-state index in [0.29, 0.717) is 19.0 Å². The maximum Gasteiger partial charge on any atom is 0.224 e. The molecule has 0 bridgehead atoms. The number of nitrogens with one attached hydrogen (secondary N) is 1. The second-order valence-corrected chi connectivity index (χ2v) is 5.37. The standard InChI is InChI=1S/C12H24N2OS/c1-4-6-16-7-5-14-12(15)11(9-13)8-10(2)3/h4,10-11H,1,5-9,13H2,2-3H3,(H,14,15). The van der Waals surface area contributed by atoms with Crippen molar-refractivity contribution in [2.45, 2.75) is 20.3 Å². The number of nitrogens with two attached hydrogens (primary N) is 1. The van der Waals surface area contributed by atoms with Gasteiger partial charge in [0.2, 0.25) is 5.91 Å². The zero-order valence-corrected chi connectivity index (χ0v) is 11.2. The van der Waals surface area contributed by atoms with Crippen molar-refractivity contribution in [3.05, 3.63) is 12.7 Å². The first-order chi connectivity index (χ1) is 7.61. The number of rotatable bonds is 9. The summed E-state index contributed by atoms with van der Waals surface area (Å²) in [6.07, 6.45) is 2.73. The molecule has 0 saturated carbocycles. The van der Waals surface area contributed by atoms with Crippen molar-refractivity contribution in [3.8, 4) is 0 Å². The second-order valence-electron chi connectivity index (χ2n) is 4.22. The third kappa shape index (κ3) is 7.77. The van der Waals surface area contributed by atoms with Crippen LogP contribution in [0.2, 0.25) is 0 Å². The molecule has 0 rings (SSSR count). The molecule has 3 nitrogen and oxygen atoms in total. The number of amides is 1. The summed E-state index contributed by atoms with van der Waals surface area (Å²) in [5.74, 6) is 2.42. The fraction of sp³-hybridized carbons (Fsp3) is 0.750. The maximum absolute atomic E-state index is 11.7. The lowest BCUT2D eigenvalue weighted by molar-refractivity contribution is -0.125. The van der Waals surface area contributed by atoms with Gasteiger partial charge in [0.25, 0.3) is 0 Å². The van der Waals surface area contributed by atoms with Crippen LogP contribution >= 0.6 is 11.8 Å². The molecule has 1 amide bonds. The summed E-state index contributed by atoms with van der Waals surface area (Å²) in [5.41, 5.74) is 5.59. The quantitative estimate of drug-likeness (QED) is 0.479. The Labute approximate surface area is 103 Å². The molecule has 0 aromatic heterocycles. The molecule has 0 aliphatic carbocycles. The first-order valence-corrected chi connectivity index (χ1v) is 6.93. The molecule has 0 aliphatic rings. The molecule has 16 heavy (non-hydrogen) atoms. The molecule has 0 aliphatic heterocycles. The molecule has 0 aromatic carbocycles. The van der Waals surface area contributed by atoms with Gasteiger partial charge in [-0.05, 0) is 12.3 Å². The highest BCUT2D eigenvalue weighted by molar-refractivity contribution is 7.99. The summed E-state index contributed by atoms with van der Waals surface area (Å²) < 4.78 is 0. The van der Waals surface area contributed by atoms with Crippen molar-refractivity contribution >= 4 is 17.7 Å². The van der Waals surface area contributed by atoms with E-state index in [1.165, 1.54) is 0 Å². The van der Waals surface area contributed by atoms with Gasteiger partial charge in [-0.1, -0.05) is 19.9 Å². The van der Waals surface area contributed by atoms with Crippen molar-refractivity contribution in [1.82, 2.24) is 5.32 Å². The number of carbonyl (C=O) groups is 1. The summed E-state index contributed by atoms with van der Waals surface area (Å²) in [6, 6.07) is 0. The zero-order chi connectivity index (χ0) is 12.4. The van der Waals surface area contributed by atoms with E-state index in [2.05, 4.69) is 25.7 Å². The Kier molecular flexibility index (Phi) is 9.43. The number of carbonyl (C=O) groups excluding carboxylic acids is 1. The Hall–Kier alpha value is -0.480. The van der Waals surface area contributed by atoms with Crippen LogP contribution in [0.5, 0.6) is 0 Å². The van der Waals surface area contributed by atoms with E-state index in [9.17, 15) is 4.79 Å². The van der Waals surface area contributed by atoms with Crippen molar-refractivity contribution < 1.29 is 4.79 Å². The topological polar surface area (TPSA) is 55.1 Å². The third-order valence-electron chi connectivity index (χ3n) is 2.19. The molecule has 4 heteroatoms. The molecule has 1 unspecified atom stereocenters. The summed E-state index contributed by atoms with van der Waals surface area (Å²) in [5, 5.41) is 2.92. The minimum absolute atomic E-state index is 0.0376. The number of hydrogen-bond donors (Lipinski definition) is 2. The molecule has 0 heterocycles. The fourth-order valence-corrected chi connectivity index (χ4v) is 2.02. The van der Waals surface area contributed by atoms with E-state index in [1.807, 2.05) is 6.08 Å². The van der Waals surface area contributed by atoms with Gasteiger partial charge in [0.05, 0.1) is 5.92 Å². The third-order valence-corrected chi connectivity index (χ3v) is 3.16. The second kappa shape index (κ2) is 9.73. The van der Waals surface area contributed by atoms with Crippen LogP contribution in [0.25, 0.3) is 0 Å². The first-order valence-electron chi connectivity index (χ1n) is 5.78. The summed E-state index contributed by atoms with van der Waals surface area (Å²) in [6.45, 7) is 9.01. The summed E-state index contributed by atoms with van der Waals surface area (Å²) in [7, 11) is 0. The van der Waals surface area contributed by atoms with Gasteiger partial charge in [0.15, 0.2) is 0 Å². The van der Waals surface area contributed by atoms with Crippen molar-refractivity contribution in [1.29, 1.82) is 0 Å². The number of hydrogen-bond acceptors (Lipinski definition) is 3. The molecular weight excluding hydrogens is 220 g/mol. The normalized spacial score (nSPS) is 12.5. The molecule has 94 valence electrons. The van der Waals surface area contributed by atoms with Gasteiger partial charge in [0, 0.05) is 24.6 Å². The SMILES string of the molecule is C=CCSCCNC(=O)C(CN)CC(C)C. The molecule has 0 spiro atoms. The Balaban J connectivity index is 3.71. The average Bonchev–Trinajstić information content (AvgIpc) is 2.25. The highest BCUT2D eigenvalue weighted by atomic mass is 32.2. The van der Waals surface area contributed by atoms with Gasteiger partial charge in [-0.15, -0.1) is 6.58 Å². The van der Waals surface area contributed by atoms with Gasteiger partial charge in [-0.2, -0.15) is 11.8 Å². The van der Waals surface area contributed by atoms with Crippen LogP contribution in [0.4, 0.5) is 0 Å². The van der Waals surface area contributed by atoms with Gasteiger partial charge in [-0.3, -0.25) is 4.79 Å². The molecule has 0 aromatic rings. The highest BCUT2D eigenvalue weighted by Crippen LogP contribution is 2.10. The molecule has 0 radical (unpaired) electrons. The van der Waals surface area contributed by atoms with E-state index in [-0.39, 0.29) is 11.8 Å². The Morgan fingerprint density at radius 3 is 2.75 bits per heavy atom. The Morgan fingerprint density at radius 2 is 2.25 bits per heavy atom. The summed E-state index contributed by atoms with van der Waals surface area (Å²) in [4.78, 5) is 11.7. The fourth-order valence-electron chi connectivity index (χ4n) is 1.44. The van der Waals surface area contributed by atoms with E-state index in [1.54, 1.807) is 11.8 Å². The lowest BCUT2D eigenvalue weighted by Crippen LogP contribution is -2.36. The predicted octanol–water partition coefficient (Wildman–Crippen LogP) is 1.64. The van der Waals surface area contributed by atoms with Crippen LogP contribution in [-0.2, 0) is 4.79 Å². The monoisotopic (exact) mass is 244 g/mol. The smallest absolute Gasteiger partial charge is 0.224 e. The van der Waals surface area contributed by atoms with Gasteiger partial charge < -0.3 is 11.1 Å². The minimum Gasteiger partial charge on any atom is -0.355 e. The van der Waals surface area contributed by atoms with E-state index >= 15 is 0 Å². The van der Waals surface area contributed by atoms with Crippen LogP contribution in [-0.4, -0.2) is 30.5 Å². The molecule has 3 N–H and O–H groups in total. The van der Waals surface area contributed by atoms with Crippen molar-refractivity contribution in [3.63, 3.8) is 0 Å². The van der Waals surface area contributed by atoms with E-state index in [4.69, 9.17) is 5.73 Å². The largest absolute Gasteiger partial charge is 0.355 e. The van der Waals surface area contributed by atoms with Gasteiger partial charge in [-0.25, -0.2) is 0 Å². The van der Waals surface area contributed by atoms with Crippen LogP contribution in [0, 0.1) is 11.8 Å². The van der Waals surface area contributed by atoms with Crippen molar-refractivity contribution in [2.75, 3.05) is 24.6 Å². The Morgan fingerprint density at radius 1 is 1.56 bits per heavy atom. The molecule has 1 atom stereocenters. The minimum atomic E-state index is -0.0376. The number of thioether (sulfide) groups is 1. The lowest BCUT2D eigenvalue weighted by Gasteiger charge is -2.16.